The van der Waals surface area contributed by atoms with Crippen molar-refractivity contribution in [3.8, 4) is 0 Å². The Morgan fingerprint density at radius 2 is 2.07 bits per heavy atom. The SMILES string of the molecule is NC(c1occc1Br)C1CCCCC1. The molecule has 2 N–H and O–H groups in total. The van der Waals surface area contributed by atoms with E-state index in [0.29, 0.717) is 5.92 Å². The highest BCUT2D eigenvalue weighted by atomic mass is 79.9. The van der Waals surface area contributed by atoms with E-state index in [0.717, 1.165) is 10.2 Å². The van der Waals surface area contributed by atoms with Gasteiger partial charge in [0.05, 0.1) is 16.8 Å². The normalized spacial score (nSPS) is 21.0. The first-order valence-electron chi connectivity index (χ1n) is 5.27. The van der Waals surface area contributed by atoms with E-state index in [1.54, 1.807) is 6.26 Å². The molecule has 14 heavy (non-hydrogen) atoms. The van der Waals surface area contributed by atoms with E-state index < -0.39 is 0 Å². The second-order valence-electron chi connectivity index (χ2n) is 4.06. The summed E-state index contributed by atoms with van der Waals surface area (Å²) in [5.74, 6) is 1.52. The smallest absolute Gasteiger partial charge is 0.134 e. The van der Waals surface area contributed by atoms with Gasteiger partial charge in [-0.15, -0.1) is 0 Å². The zero-order valence-electron chi connectivity index (χ0n) is 8.21. The van der Waals surface area contributed by atoms with Gasteiger partial charge in [-0.2, -0.15) is 0 Å². The van der Waals surface area contributed by atoms with Crippen LogP contribution in [0.5, 0.6) is 0 Å². The Bertz CT molecular complexity index is 291. The van der Waals surface area contributed by atoms with E-state index >= 15 is 0 Å². The molecule has 2 nitrogen and oxygen atoms in total. The largest absolute Gasteiger partial charge is 0.466 e. The van der Waals surface area contributed by atoms with Crippen molar-refractivity contribution in [3.63, 3.8) is 0 Å². The number of hydrogen-bond donors (Lipinski definition) is 1. The van der Waals surface area contributed by atoms with Crippen LogP contribution in [0.4, 0.5) is 0 Å². The lowest BCUT2D eigenvalue weighted by molar-refractivity contribution is 0.280. The highest BCUT2D eigenvalue weighted by Gasteiger charge is 2.25. The van der Waals surface area contributed by atoms with Crippen LogP contribution in [0.1, 0.15) is 43.9 Å². The fourth-order valence-corrected chi connectivity index (χ4v) is 2.72. The summed E-state index contributed by atoms with van der Waals surface area (Å²) >= 11 is 3.46. The van der Waals surface area contributed by atoms with Gasteiger partial charge in [-0.1, -0.05) is 19.3 Å². The molecule has 1 aliphatic carbocycles. The van der Waals surface area contributed by atoms with Crippen molar-refractivity contribution in [2.75, 3.05) is 0 Å². The van der Waals surface area contributed by atoms with E-state index in [9.17, 15) is 0 Å². The molecule has 0 aromatic carbocycles. The van der Waals surface area contributed by atoms with Gasteiger partial charge in [0.2, 0.25) is 0 Å². The number of rotatable bonds is 2. The van der Waals surface area contributed by atoms with Gasteiger partial charge < -0.3 is 10.2 Å². The first-order chi connectivity index (χ1) is 6.79. The summed E-state index contributed by atoms with van der Waals surface area (Å²) in [5, 5.41) is 0. The molecule has 0 bridgehead atoms. The topological polar surface area (TPSA) is 39.2 Å². The van der Waals surface area contributed by atoms with Gasteiger partial charge in [-0.25, -0.2) is 0 Å². The quantitative estimate of drug-likeness (QED) is 0.879. The predicted octanol–water partition coefficient (Wildman–Crippen LogP) is 3.62. The van der Waals surface area contributed by atoms with Crippen molar-refractivity contribution >= 4 is 15.9 Å². The predicted molar refractivity (Wildman–Crippen MR) is 59.9 cm³/mol. The third-order valence-electron chi connectivity index (χ3n) is 3.11. The molecule has 1 atom stereocenters. The molecular formula is C11H16BrNO. The second kappa shape index (κ2) is 4.49. The standard InChI is InChI=1S/C11H16BrNO/c12-9-6-7-14-11(9)10(13)8-4-2-1-3-5-8/h6-8,10H,1-5,13H2. The fourth-order valence-electron chi connectivity index (χ4n) is 2.25. The van der Waals surface area contributed by atoms with Gasteiger partial charge in [0.1, 0.15) is 5.76 Å². The van der Waals surface area contributed by atoms with Crippen LogP contribution in [-0.2, 0) is 0 Å². The minimum Gasteiger partial charge on any atom is -0.466 e. The number of furan rings is 1. The van der Waals surface area contributed by atoms with Crippen LogP contribution in [0.15, 0.2) is 21.2 Å². The summed E-state index contributed by atoms with van der Waals surface area (Å²) in [7, 11) is 0. The maximum atomic E-state index is 6.19. The first kappa shape index (κ1) is 10.2. The minimum atomic E-state index is 0.0691. The Morgan fingerprint density at radius 1 is 1.36 bits per heavy atom. The van der Waals surface area contributed by atoms with Crippen LogP contribution in [0, 0.1) is 5.92 Å². The molecule has 1 saturated carbocycles. The molecule has 1 unspecified atom stereocenters. The fraction of sp³-hybridized carbons (Fsp3) is 0.636. The molecule has 0 spiro atoms. The lowest BCUT2D eigenvalue weighted by Crippen LogP contribution is -2.23. The average Bonchev–Trinajstić information content (AvgIpc) is 2.65. The van der Waals surface area contributed by atoms with Gasteiger partial charge in [0, 0.05) is 0 Å². The summed E-state index contributed by atoms with van der Waals surface area (Å²) in [4.78, 5) is 0. The van der Waals surface area contributed by atoms with Crippen molar-refractivity contribution in [1.82, 2.24) is 0 Å². The zero-order chi connectivity index (χ0) is 9.97. The molecule has 0 saturated heterocycles. The molecule has 1 aliphatic rings. The van der Waals surface area contributed by atoms with E-state index in [2.05, 4.69) is 15.9 Å². The Hall–Kier alpha value is -0.280. The molecule has 1 heterocycles. The summed E-state index contributed by atoms with van der Waals surface area (Å²) in [5.41, 5.74) is 6.19. The molecule has 2 rings (SSSR count). The second-order valence-corrected chi connectivity index (χ2v) is 4.91. The van der Waals surface area contributed by atoms with E-state index in [-0.39, 0.29) is 6.04 Å². The zero-order valence-corrected chi connectivity index (χ0v) is 9.79. The lowest BCUT2D eigenvalue weighted by atomic mass is 9.83. The summed E-state index contributed by atoms with van der Waals surface area (Å²) in [6.45, 7) is 0. The Morgan fingerprint density at radius 3 is 2.64 bits per heavy atom. The Balaban J connectivity index is 2.07. The van der Waals surface area contributed by atoms with Gasteiger partial charge >= 0.3 is 0 Å². The molecule has 0 amide bonds. The summed E-state index contributed by atoms with van der Waals surface area (Å²) < 4.78 is 6.42. The minimum absolute atomic E-state index is 0.0691. The average molecular weight is 258 g/mol. The van der Waals surface area contributed by atoms with E-state index in [1.807, 2.05) is 6.07 Å². The molecular weight excluding hydrogens is 242 g/mol. The van der Waals surface area contributed by atoms with Gasteiger partial charge in [-0.3, -0.25) is 0 Å². The summed E-state index contributed by atoms with van der Waals surface area (Å²) in [6, 6.07) is 1.98. The van der Waals surface area contributed by atoms with Crippen LogP contribution in [0.3, 0.4) is 0 Å². The molecule has 1 aromatic heterocycles. The molecule has 1 aromatic rings. The van der Waals surface area contributed by atoms with Crippen LogP contribution in [0.25, 0.3) is 0 Å². The number of halogens is 1. The van der Waals surface area contributed by atoms with Crippen molar-refractivity contribution in [1.29, 1.82) is 0 Å². The lowest BCUT2D eigenvalue weighted by Gasteiger charge is -2.26. The van der Waals surface area contributed by atoms with E-state index in [4.69, 9.17) is 10.2 Å². The molecule has 0 aliphatic heterocycles. The van der Waals surface area contributed by atoms with Crippen molar-refractivity contribution in [3.05, 3.63) is 22.6 Å². The molecule has 3 heteroatoms. The number of nitrogens with two attached hydrogens (primary N) is 1. The first-order valence-corrected chi connectivity index (χ1v) is 6.07. The van der Waals surface area contributed by atoms with Crippen LogP contribution < -0.4 is 5.73 Å². The highest BCUT2D eigenvalue weighted by molar-refractivity contribution is 9.10. The summed E-state index contributed by atoms with van der Waals surface area (Å²) in [6.07, 6.45) is 8.18. The van der Waals surface area contributed by atoms with Crippen molar-refractivity contribution in [2.45, 2.75) is 38.1 Å². The molecule has 1 fully saturated rings. The highest BCUT2D eigenvalue weighted by Crippen LogP contribution is 2.35. The third-order valence-corrected chi connectivity index (χ3v) is 3.76. The molecule has 78 valence electrons. The van der Waals surface area contributed by atoms with Crippen molar-refractivity contribution < 1.29 is 4.42 Å². The van der Waals surface area contributed by atoms with Crippen LogP contribution in [-0.4, -0.2) is 0 Å². The maximum Gasteiger partial charge on any atom is 0.134 e. The Kier molecular flexibility index (Phi) is 3.29. The monoisotopic (exact) mass is 257 g/mol. The van der Waals surface area contributed by atoms with Gasteiger partial charge in [-0.05, 0) is 40.8 Å². The van der Waals surface area contributed by atoms with Gasteiger partial charge in [0.15, 0.2) is 0 Å². The third kappa shape index (κ3) is 2.04. The Labute approximate surface area is 93.0 Å². The molecule has 0 radical (unpaired) electrons. The van der Waals surface area contributed by atoms with Crippen LogP contribution >= 0.6 is 15.9 Å². The van der Waals surface area contributed by atoms with Crippen LogP contribution in [0.2, 0.25) is 0 Å². The number of hydrogen-bond acceptors (Lipinski definition) is 2. The van der Waals surface area contributed by atoms with Gasteiger partial charge in [0.25, 0.3) is 0 Å². The van der Waals surface area contributed by atoms with E-state index in [1.165, 1.54) is 32.1 Å². The van der Waals surface area contributed by atoms with Crippen molar-refractivity contribution in [2.24, 2.45) is 11.7 Å². The maximum absolute atomic E-state index is 6.19.